The summed E-state index contributed by atoms with van der Waals surface area (Å²) in [4.78, 5) is 40.1. The number of esters is 2. The zero-order valence-electron chi connectivity index (χ0n) is 19.0. The van der Waals surface area contributed by atoms with Crippen molar-refractivity contribution in [3.05, 3.63) is 16.0 Å². The first-order chi connectivity index (χ1) is 14.8. The molecule has 0 unspecified atom stereocenters. The number of anilines is 1. The van der Waals surface area contributed by atoms with Crippen molar-refractivity contribution in [2.45, 2.75) is 65.8 Å². The molecule has 0 saturated carbocycles. The normalized spacial score (nSPS) is 24.1. The van der Waals surface area contributed by atoms with Crippen LogP contribution in [0.25, 0.3) is 0 Å². The Balaban J connectivity index is 1.68. The van der Waals surface area contributed by atoms with E-state index in [1.165, 1.54) is 16.2 Å². The van der Waals surface area contributed by atoms with Gasteiger partial charge in [-0.2, -0.15) is 0 Å². The monoisotopic (exact) mass is 451 g/mol. The van der Waals surface area contributed by atoms with E-state index in [1.807, 2.05) is 13.8 Å². The molecule has 0 aromatic carbocycles. The average molecular weight is 452 g/mol. The first kappa shape index (κ1) is 23.7. The van der Waals surface area contributed by atoms with Crippen LogP contribution in [0.2, 0.25) is 0 Å². The lowest BCUT2D eigenvalue weighted by Gasteiger charge is -2.31. The SMILES string of the molecule is CCOC(=O)c1c(NC(=O)[C@@H](C)[NH+]2CCC(C(=O)OCC)CC2)sc2c1CC[C@H](C)C2. The van der Waals surface area contributed by atoms with Crippen molar-refractivity contribution >= 4 is 34.2 Å². The van der Waals surface area contributed by atoms with Gasteiger partial charge in [0.15, 0.2) is 6.04 Å². The molecule has 2 heterocycles. The second-order valence-corrected chi connectivity index (χ2v) is 9.78. The van der Waals surface area contributed by atoms with Crippen LogP contribution < -0.4 is 10.2 Å². The molecule has 31 heavy (non-hydrogen) atoms. The van der Waals surface area contributed by atoms with E-state index in [-0.39, 0.29) is 29.8 Å². The molecule has 172 valence electrons. The van der Waals surface area contributed by atoms with Gasteiger partial charge < -0.3 is 19.7 Å². The molecule has 1 amide bonds. The highest BCUT2D eigenvalue weighted by Gasteiger charge is 2.35. The number of thiophene rings is 1. The predicted octanol–water partition coefficient (Wildman–Crippen LogP) is 2.23. The molecule has 1 saturated heterocycles. The van der Waals surface area contributed by atoms with Gasteiger partial charge in [-0.15, -0.1) is 11.3 Å². The van der Waals surface area contributed by atoms with Crippen LogP contribution in [-0.4, -0.2) is 50.2 Å². The fourth-order valence-corrected chi connectivity index (χ4v) is 5.98. The molecule has 1 aliphatic carbocycles. The summed E-state index contributed by atoms with van der Waals surface area (Å²) in [7, 11) is 0. The summed E-state index contributed by atoms with van der Waals surface area (Å²) >= 11 is 1.52. The predicted molar refractivity (Wildman–Crippen MR) is 120 cm³/mol. The van der Waals surface area contributed by atoms with Gasteiger partial charge in [-0.3, -0.25) is 9.59 Å². The number of nitrogens with one attached hydrogen (secondary N) is 2. The van der Waals surface area contributed by atoms with E-state index in [0.717, 1.165) is 55.7 Å². The Bertz CT molecular complexity index is 813. The lowest BCUT2D eigenvalue weighted by Crippen LogP contribution is -3.17. The summed E-state index contributed by atoms with van der Waals surface area (Å²) < 4.78 is 10.4. The van der Waals surface area contributed by atoms with Crippen LogP contribution in [-0.2, 0) is 31.9 Å². The maximum absolute atomic E-state index is 13.1. The lowest BCUT2D eigenvalue weighted by molar-refractivity contribution is -0.919. The Morgan fingerprint density at radius 1 is 1.13 bits per heavy atom. The largest absolute Gasteiger partial charge is 0.466 e. The highest BCUT2D eigenvalue weighted by atomic mass is 32.1. The van der Waals surface area contributed by atoms with Gasteiger partial charge in [-0.25, -0.2) is 4.79 Å². The van der Waals surface area contributed by atoms with Crippen LogP contribution in [0.4, 0.5) is 5.00 Å². The number of fused-ring (bicyclic) bond motifs is 1. The third kappa shape index (κ3) is 5.47. The third-order valence-corrected chi connectivity index (χ3v) is 7.65. The molecule has 1 aromatic heterocycles. The molecule has 0 bridgehead atoms. The fourth-order valence-electron chi connectivity index (χ4n) is 4.58. The van der Waals surface area contributed by atoms with Gasteiger partial charge in [0.25, 0.3) is 5.91 Å². The van der Waals surface area contributed by atoms with Crippen LogP contribution in [0, 0.1) is 11.8 Å². The Kier molecular flexibility index (Phi) is 8.11. The van der Waals surface area contributed by atoms with Gasteiger partial charge in [0.1, 0.15) is 5.00 Å². The average Bonchev–Trinajstić information content (AvgIpc) is 3.10. The standard InChI is InChI=1S/C23H34N2O5S/c1-5-29-22(27)16-9-11-25(12-10-16)15(4)20(26)24-21-19(23(28)30-6-2)17-8-7-14(3)13-18(17)31-21/h14-16H,5-13H2,1-4H3,(H,24,26)/p+1/t14-,15+/m0/s1. The maximum atomic E-state index is 13.1. The van der Waals surface area contributed by atoms with Gasteiger partial charge in [-0.1, -0.05) is 6.92 Å². The van der Waals surface area contributed by atoms with Gasteiger partial charge in [-0.05, 0) is 51.5 Å². The van der Waals surface area contributed by atoms with E-state index in [1.54, 1.807) is 6.92 Å². The van der Waals surface area contributed by atoms with Crippen molar-refractivity contribution < 1.29 is 28.8 Å². The molecular formula is C23H35N2O5S+. The van der Waals surface area contributed by atoms with Gasteiger partial charge >= 0.3 is 11.9 Å². The number of piperidine rings is 1. The number of carbonyl (C=O) groups is 3. The fraction of sp³-hybridized carbons (Fsp3) is 0.696. The molecule has 2 atom stereocenters. The molecule has 2 N–H and O–H groups in total. The number of carbonyl (C=O) groups excluding carboxylic acids is 3. The Labute approximate surface area is 188 Å². The first-order valence-electron chi connectivity index (χ1n) is 11.5. The van der Waals surface area contributed by atoms with Crippen molar-refractivity contribution in [1.29, 1.82) is 0 Å². The van der Waals surface area contributed by atoms with Crippen molar-refractivity contribution in [1.82, 2.24) is 0 Å². The van der Waals surface area contributed by atoms with Crippen molar-refractivity contribution in [2.75, 3.05) is 31.6 Å². The number of quaternary nitrogens is 1. The summed E-state index contributed by atoms with van der Waals surface area (Å²) in [6.07, 6.45) is 4.28. The summed E-state index contributed by atoms with van der Waals surface area (Å²) in [5.74, 6) is -0.0628. The molecule has 7 nitrogen and oxygen atoms in total. The number of hydrogen-bond donors (Lipinski definition) is 2. The Hall–Kier alpha value is -1.93. The number of ether oxygens (including phenoxy) is 2. The minimum Gasteiger partial charge on any atom is -0.466 e. The van der Waals surface area contributed by atoms with Crippen LogP contribution in [0.15, 0.2) is 0 Å². The number of rotatable bonds is 7. The van der Waals surface area contributed by atoms with Crippen LogP contribution >= 0.6 is 11.3 Å². The van der Waals surface area contributed by atoms with E-state index < -0.39 is 0 Å². The molecule has 1 aromatic rings. The highest BCUT2D eigenvalue weighted by Crippen LogP contribution is 2.40. The molecule has 8 heteroatoms. The molecule has 1 fully saturated rings. The van der Waals surface area contributed by atoms with E-state index >= 15 is 0 Å². The molecule has 1 aliphatic heterocycles. The summed E-state index contributed by atoms with van der Waals surface area (Å²) in [5, 5.41) is 3.66. The summed E-state index contributed by atoms with van der Waals surface area (Å²) in [6, 6.07) is -0.267. The van der Waals surface area contributed by atoms with Gasteiger partial charge in [0, 0.05) is 17.7 Å². The summed E-state index contributed by atoms with van der Waals surface area (Å²) in [6.45, 7) is 9.95. The van der Waals surface area contributed by atoms with E-state index in [4.69, 9.17) is 9.47 Å². The van der Waals surface area contributed by atoms with Crippen molar-refractivity contribution in [2.24, 2.45) is 11.8 Å². The second-order valence-electron chi connectivity index (χ2n) is 8.67. The van der Waals surface area contributed by atoms with Crippen LogP contribution in [0.1, 0.15) is 67.8 Å². The first-order valence-corrected chi connectivity index (χ1v) is 12.3. The lowest BCUT2D eigenvalue weighted by atomic mass is 9.88. The third-order valence-electron chi connectivity index (χ3n) is 6.48. The van der Waals surface area contributed by atoms with Gasteiger partial charge in [0.2, 0.25) is 0 Å². The molecular weight excluding hydrogens is 416 g/mol. The molecule has 2 aliphatic rings. The van der Waals surface area contributed by atoms with E-state index in [9.17, 15) is 14.4 Å². The van der Waals surface area contributed by atoms with Crippen LogP contribution in [0.3, 0.4) is 0 Å². The zero-order valence-corrected chi connectivity index (χ0v) is 19.9. The van der Waals surface area contributed by atoms with Crippen molar-refractivity contribution in [3.63, 3.8) is 0 Å². The molecule has 3 rings (SSSR count). The number of amides is 1. The molecule has 0 spiro atoms. The number of hydrogen-bond acceptors (Lipinski definition) is 6. The van der Waals surface area contributed by atoms with Crippen LogP contribution in [0.5, 0.6) is 0 Å². The second kappa shape index (κ2) is 10.6. The quantitative estimate of drug-likeness (QED) is 0.621. The minimum absolute atomic E-state index is 0.0691. The maximum Gasteiger partial charge on any atom is 0.341 e. The highest BCUT2D eigenvalue weighted by molar-refractivity contribution is 7.17. The smallest absolute Gasteiger partial charge is 0.341 e. The zero-order chi connectivity index (χ0) is 22.5. The van der Waals surface area contributed by atoms with Crippen molar-refractivity contribution in [3.8, 4) is 0 Å². The Morgan fingerprint density at radius 3 is 2.45 bits per heavy atom. The molecule has 0 radical (unpaired) electrons. The van der Waals surface area contributed by atoms with E-state index in [0.29, 0.717) is 29.7 Å². The minimum atomic E-state index is -0.347. The number of likely N-dealkylation sites (tertiary alicyclic amines) is 1. The summed E-state index contributed by atoms with van der Waals surface area (Å²) in [5.41, 5.74) is 1.59. The topological polar surface area (TPSA) is 86.1 Å². The Morgan fingerprint density at radius 2 is 1.81 bits per heavy atom. The van der Waals surface area contributed by atoms with E-state index in [2.05, 4.69) is 12.2 Å². The van der Waals surface area contributed by atoms with Gasteiger partial charge in [0.05, 0.1) is 37.8 Å².